The van der Waals surface area contributed by atoms with Gasteiger partial charge in [-0.15, -0.1) is 0 Å². The molecule has 214 valence electrons. The van der Waals surface area contributed by atoms with E-state index in [9.17, 15) is 35.9 Å². The van der Waals surface area contributed by atoms with Crippen LogP contribution in [0.1, 0.15) is 24.8 Å². The number of amides is 2. The number of pyridine rings is 1. The molecule has 1 aromatic heterocycles. The third-order valence-electron chi connectivity index (χ3n) is 5.88. The van der Waals surface area contributed by atoms with Gasteiger partial charge in [-0.25, -0.2) is 9.59 Å². The third kappa shape index (κ3) is 10.1. The Labute approximate surface area is 213 Å². The van der Waals surface area contributed by atoms with Gasteiger partial charge in [-0.2, -0.15) is 26.3 Å². The molecule has 3 rings (SSSR count). The van der Waals surface area contributed by atoms with Crippen molar-refractivity contribution >= 4 is 23.8 Å². The Bertz CT molecular complexity index is 939. The molecule has 2 aliphatic rings. The molecule has 16 heteroatoms. The predicted molar refractivity (Wildman–Crippen MR) is 118 cm³/mol. The SMILES string of the molecule is CN(C)C(=O)CN1CCC2(CCN(Cc3ccncc3)CC2)C1=O.O=C(O)C(F)(F)F.O=C(O)C(F)(F)F. The number of rotatable bonds is 4. The molecule has 0 saturated carbocycles. The summed E-state index contributed by atoms with van der Waals surface area (Å²) in [5.74, 6) is -5.34. The van der Waals surface area contributed by atoms with E-state index < -0.39 is 24.3 Å². The zero-order valence-electron chi connectivity index (χ0n) is 20.6. The number of halogens is 6. The van der Waals surface area contributed by atoms with E-state index in [-0.39, 0.29) is 23.8 Å². The molecule has 1 aromatic rings. The molecular weight excluding hydrogens is 530 g/mol. The maximum absolute atomic E-state index is 12.8. The van der Waals surface area contributed by atoms with Gasteiger partial charge >= 0.3 is 24.3 Å². The molecule has 3 heterocycles. The van der Waals surface area contributed by atoms with E-state index in [0.29, 0.717) is 6.54 Å². The quantitative estimate of drug-likeness (QED) is 0.539. The van der Waals surface area contributed by atoms with Crippen LogP contribution in [0.25, 0.3) is 0 Å². The zero-order valence-corrected chi connectivity index (χ0v) is 20.6. The first-order chi connectivity index (χ1) is 17.4. The van der Waals surface area contributed by atoms with Crippen LogP contribution in [0.3, 0.4) is 0 Å². The Morgan fingerprint density at radius 2 is 1.34 bits per heavy atom. The number of carboxylic acid groups (broad SMARTS) is 2. The van der Waals surface area contributed by atoms with Crippen molar-refractivity contribution in [1.82, 2.24) is 19.7 Å². The van der Waals surface area contributed by atoms with E-state index in [1.807, 2.05) is 24.5 Å². The molecule has 0 aromatic carbocycles. The molecule has 0 bridgehead atoms. The number of carboxylic acids is 2. The smallest absolute Gasteiger partial charge is 0.475 e. The van der Waals surface area contributed by atoms with Crippen molar-refractivity contribution in [3.05, 3.63) is 30.1 Å². The second-order valence-electron chi connectivity index (χ2n) is 8.78. The molecule has 0 atom stereocenters. The van der Waals surface area contributed by atoms with E-state index in [2.05, 4.69) is 9.88 Å². The normalized spacial score (nSPS) is 17.2. The summed E-state index contributed by atoms with van der Waals surface area (Å²) < 4.78 is 63.5. The lowest BCUT2D eigenvalue weighted by molar-refractivity contribution is -0.193. The first kappa shape index (κ1) is 32.6. The zero-order chi connectivity index (χ0) is 29.3. The van der Waals surface area contributed by atoms with Crippen molar-refractivity contribution in [2.75, 3.05) is 40.3 Å². The van der Waals surface area contributed by atoms with Crippen LogP contribution in [0.4, 0.5) is 26.3 Å². The molecule has 1 spiro atoms. The summed E-state index contributed by atoms with van der Waals surface area (Å²) in [6, 6.07) is 4.08. The maximum Gasteiger partial charge on any atom is 0.490 e. The summed E-state index contributed by atoms with van der Waals surface area (Å²) in [6.07, 6.45) is -3.86. The topological polar surface area (TPSA) is 131 Å². The number of hydrogen-bond donors (Lipinski definition) is 2. The van der Waals surface area contributed by atoms with E-state index in [1.165, 1.54) is 5.56 Å². The molecular formula is C22H28F6N4O6. The highest BCUT2D eigenvalue weighted by Gasteiger charge is 2.48. The molecule has 2 N–H and O–H groups in total. The molecule has 0 aliphatic carbocycles. The highest BCUT2D eigenvalue weighted by atomic mass is 19.4. The molecule has 0 radical (unpaired) electrons. The van der Waals surface area contributed by atoms with Gasteiger partial charge in [0.1, 0.15) is 0 Å². The van der Waals surface area contributed by atoms with Gasteiger partial charge in [0.15, 0.2) is 0 Å². The minimum Gasteiger partial charge on any atom is -0.475 e. The fourth-order valence-corrected chi connectivity index (χ4v) is 3.70. The summed E-state index contributed by atoms with van der Waals surface area (Å²) >= 11 is 0. The number of likely N-dealkylation sites (tertiary alicyclic amines) is 2. The van der Waals surface area contributed by atoms with Gasteiger partial charge in [0, 0.05) is 39.6 Å². The molecule has 0 unspecified atom stereocenters. The number of alkyl halides is 6. The van der Waals surface area contributed by atoms with Crippen molar-refractivity contribution in [3.8, 4) is 0 Å². The first-order valence-electron chi connectivity index (χ1n) is 11.1. The number of likely N-dealkylation sites (N-methyl/N-ethyl adjacent to an activating group) is 1. The van der Waals surface area contributed by atoms with Crippen LogP contribution >= 0.6 is 0 Å². The van der Waals surface area contributed by atoms with Crippen LogP contribution in [0.15, 0.2) is 24.5 Å². The summed E-state index contributed by atoms with van der Waals surface area (Å²) in [7, 11) is 3.46. The number of carbonyl (C=O) groups is 4. The van der Waals surface area contributed by atoms with E-state index in [4.69, 9.17) is 19.8 Å². The third-order valence-corrected chi connectivity index (χ3v) is 5.88. The Morgan fingerprint density at radius 1 is 0.921 bits per heavy atom. The second kappa shape index (κ2) is 13.4. The van der Waals surface area contributed by atoms with Gasteiger partial charge in [0.25, 0.3) is 0 Å². The van der Waals surface area contributed by atoms with Crippen LogP contribution in [0.5, 0.6) is 0 Å². The number of piperidine rings is 1. The van der Waals surface area contributed by atoms with Gasteiger partial charge in [0.05, 0.1) is 12.0 Å². The average Bonchev–Trinajstić information content (AvgIpc) is 3.10. The van der Waals surface area contributed by atoms with Gasteiger partial charge in [-0.1, -0.05) is 0 Å². The molecule has 2 saturated heterocycles. The molecule has 10 nitrogen and oxygen atoms in total. The fraction of sp³-hybridized carbons (Fsp3) is 0.591. The van der Waals surface area contributed by atoms with Gasteiger partial charge in [0.2, 0.25) is 11.8 Å². The first-order valence-corrected chi connectivity index (χ1v) is 11.1. The lowest BCUT2D eigenvalue weighted by Crippen LogP contribution is -2.46. The van der Waals surface area contributed by atoms with Crippen LogP contribution in [-0.4, -0.2) is 106 Å². The lowest BCUT2D eigenvalue weighted by Gasteiger charge is -2.38. The highest BCUT2D eigenvalue weighted by Crippen LogP contribution is 2.41. The number of nitrogens with zero attached hydrogens (tertiary/aromatic N) is 4. The average molecular weight is 558 g/mol. The van der Waals surface area contributed by atoms with E-state index in [0.717, 1.165) is 38.9 Å². The number of hydrogen-bond acceptors (Lipinski definition) is 6. The Hall–Kier alpha value is -3.43. The molecule has 2 amide bonds. The number of carbonyl (C=O) groups excluding carboxylic acids is 2. The van der Waals surface area contributed by atoms with E-state index in [1.54, 1.807) is 23.9 Å². The Morgan fingerprint density at radius 3 is 1.74 bits per heavy atom. The summed E-state index contributed by atoms with van der Waals surface area (Å²) in [4.78, 5) is 52.3. The van der Waals surface area contributed by atoms with Crippen LogP contribution in [-0.2, 0) is 25.7 Å². The van der Waals surface area contributed by atoms with Gasteiger partial charge in [-0.05, 0) is 50.0 Å². The van der Waals surface area contributed by atoms with Crippen molar-refractivity contribution in [2.45, 2.75) is 38.2 Å². The van der Waals surface area contributed by atoms with E-state index >= 15 is 0 Å². The highest BCUT2D eigenvalue weighted by molar-refractivity contribution is 5.89. The second-order valence-corrected chi connectivity index (χ2v) is 8.78. The molecule has 38 heavy (non-hydrogen) atoms. The minimum atomic E-state index is -5.08. The minimum absolute atomic E-state index is 0.00415. The van der Waals surface area contributed by atoms with Gasteiger partial charge < -0.3 is 20.0 Å². The van der Waals surface area contributed by atoms with Crippen molar-refractivity contribution in [1.29, 1.82) is 0 Å². The Kier molecular flexibility index (Phi) is 11.5. The summed E-state index contributed by atoms with van der Waals surface area (Å²) in [5.41, 5.74) is 1.03. The largest absolute Gasteiger partial charge is 0.490 e. The maximum atomic E-state index is 12.8. The number of aromatic nitrogens is 1. The van der Waals surface area contributed by atoms with Crippen molar-refractivity contribution < 1.29 is 55.7 Å². The standard InChI is InChI=1S/C18H26N4O2.2C2HF3O2/c1-20(2)16(23)14-22-12-7-18(17(22)24)5-10-21(11-6-18)13-15-3-8-19-9-4-15;2*3-2(4,5)1(6)7/h3-4,8-9H,5-7,10-14H2,1-2H3;2*(H,6,7). The molecule has 2 aliphatic heterocycles. The van der Waals surface area contributed by atoms with Crippen LogP contribution < -0.4 is 0 Å². The Balaban J connectivity index is 0.000000426. The fourth-order valence-electron chi connectivity index (χ4n) is 3.70. The predicted octanol–water partition coefficient (Wildman–Crippen LogP) is 2.25. The lowest BCUT2D eigenvalue weighted by atomic mass is 9.77. The number of aliphatic carboxylic acids is 2. The van der Waals surface area contributed by atoms with Crippen molar-refractivity contribution in [3.63, 3.8) is 0 Å². The van der Waals surface area contributed by atoms with Crippen molar-refractivity contribution in [2.24, 2.45) is 5.41 Å². The van der Waals surface area contributed by atoms with Gasteiger partial charge in [-0.3, -0.25) is 19.5 Å². The summed E-state index contributed by atoms with van der Waals surface area (Å²) in [5, 5.41) is 14.2. The monoisotopic (exact) mass is 558 g/mol. The summed E-state index contributed by atoms with van der Waals surface area (Å²) in [6.45, 7) is 3.71. The van der Waals surface area contributed by atoms with Crippen LogP contribution in [0.2, 0.25) is 0 Å². The molecule has 2 fully saturated rings. The van der Waals surface area contributed by atoms with Crippen LogP contribution in [0, 0.1) is 5.41 Å².